The van der Waals surface area contributed by atoms with Crippen molar-refractivity contribution in [3.63, 3.8) is 0 Å². The number of hydrogen-bond donors (Lipinski definition) is 1. The number of aryl methyl sites for hydroxylation is 1. The summed E-state index contributed by atoms with van der Waals surface area (Å²) in [6.07, 6.45) is -2.71. The van der Waals surface area contributed by atoms with E-state index in [9.17, 15) is 13.2 Å². The first-order valence-corrected chi connectivity index (χ1v) is 7.57. The van der Waals surface area contributed by atoms with E-state index >= 15 is 0 Å². The Morgan fingerprint density at radius 3 is 2.52 bits per heavy atom. The molecule has 1 heterocycles. The zero-order chi connectivity index (χ0) is 15.6. The topological polar surface area (TPSA) is 24.9 Å². The van der Waals surface area contributed by atoms with Crippen LogP contribution in [0, 0.1) is 6.92 Å². The van der Waals surface area contributed by atoms with Crippen LogP contribution in [0.1, 0.15) is 16.8 Å². The summed E-state index contributed by atoms with van der Waals surface area (Å²) >= 11 is 6.67. The van der Waals surface area contributed by atoms with Gasteiger partial charge in [0.2, 0.25) is 0 Å². The van der Waals surface area contributed by atoms with Gasteiger partial charge < -0.3 is 5.32 Å². The number of pyridine rings is 1. The lowest BCUT2D eigenvalue weighted by Gasteiger charge is -2.13. The van der Waals surface area contributed by atoms with Gasteiger partial charge in [-0.1, -0.05) is 6.07 Å². The molecule has 0 atom stereocenters. The lowest BCUT2D eigenvalue weighted by atomic mass is 10.1. The van der Waals surface area contributed by atoms with Gasteiger partial charge in [0.25, 0.3) is 0 Å². The maximum absolute atomic E-state index is 12.7. The molecule has 1 aromatic heterocycles. The predicted octanol–water partition coefficient (Wildman–Crippen LogP) is 5.55. The van der Waals surface area contributed by atoms with E-state index < -0.39 is 11.7 Å². The van der Waals surface area contributed by atoms with Crippen molar-refractivity contribution in [1.29, 1.82) is 0 Å². The molecule has 0 radical (unpaired) electrons. The molecule has 7 heteroatoms. The molecule has 21 heavy (non-hydrogen) atoms. The van der Waals surface area contributed by atoms with Crippen molar-refractivity contribution >= 4 is 37.5 Å². The third-order valence-electron chi connectivity index (χ3n) is 2.90. The van der Waals surface area contributed by atoms with Gasteiger partial charge in [-0.15, -0.1) is 0 Å². The van der Waals surface area contributed by atoms with Crippen LogP contribution in [0.25, 0.3) is 0 Å². The maximum Gasteiger partial charge on any atom is 0.416 e. The zero-order valence-electron chi connectivity index (χ0n) is 10.9. The Labute approximate surface area is 137 Å². The van der Waals surface area contributed by atoms with Gasteiger partial charge in [-0.2, -0.15) is 13.2 Å². The van der Waals surface area contributed by atoms with Crippen LogP contribution in [-0.4, -0.2) is 4.98 Å². The number of benzene rings is 1. The van der Waals surface area contributed by atoms with E-state index in [2.05, 4.69) is 42.2 Å². The van der Waals surface area contributed by atoms with E-state index in [1.807, 2.05) is 6.07 Å². The molecule has 0 saturated carbocycles. The Kier molecular flexibility index (Phi) is 4.93. The second-order valence-corrected chi connectivity index (χ2v) is 6.23. The molecule has 0 bridgehead atoms. The Morgan fingerprint density at radius 1 is 1.19 bits per heavy atom. The first-order valence-electron chi connectivity index (χ1n) is 5.99. The summed E-state index contributed by atoms with van der Waals surface area (Å²) in [5.41, 5.74) is 1.24. The third kappa shape index (κ3) is 4.20. The molecular formula is C14H11Br2F3N2. The van der Waals surface area contributed by atoms with Crippen LogP contribution in [0.4, 0.5) is 18.9 Å². The van der Waals surface area contributed by atoms with Gasteiger partial charge in [0.1, 0.15) is 0 Å². The molecule has 0 spiro atoms. The van der Waals surface area contributed by atoms with Crippen LogP contribution < -0.4 is 5.32 Å². The molecule has 0 aliphatic carbocycles. The highest BCUT2D eigenvalue weighted by atomic mass is 79.9. The molecule has 0 aliphatic heterocycles. The predicted molar refractivity (Wildman–Crippen MR) is 83.1 cm³/mol. The monoisotopic (exact) mass is 422 g/mol. The first kappa shape index (κ1) is 16.3. The molecule has 1 aromatic carbocycles. The average molecular weight is 424 g/mol. The minimum absolute atomic E-state index is 0.329. The number of rotatable bonds is 3. The number of aromatic nitrogens is 1. The summed E-state index contributed by atoms with van der Waals surface area (Å²) in [5, 5.41) is 2.99. The van der Waals surface area contributed by atoms with Gasteiger partial charge in [0.05, 0.1) is 17.8 Å². The zero-order valence-corrected chi connectivity index (χ0v) is 14.1. The molecule has 0 aliphatic rings. The summed E-state index contributed by atoms with van der Waals surface area (Å²) in [6.45, 7) is 2.09. The summed E-state index contributed by atoms with van der Waals surface area (Å²) in [4.78, 5) is 4.22. The largest absolute Gasteiger partial charge is 0.416 e. The molecule has 2 aromatic rings. The minimum Gasteiger partial charge on any atom is -0.379 e. The highest BCUT2D eigenvalue weighted by molar-refractivity contribution is 9.11. The van der Waals surface area contributed by atoms with Crippen molar-refractivity contribution in [2.45, 2.75) is 19.6 Å². The van der Waals surface area contributed by atoms with Gasteiger partial charge in [-0.05, 0) is 62.5 Å². The second kappa shape index (κ2) is 6.36. The number of hydrogen-bond acceptors (Lipinski definition) is 2. The standard InChI is InChI=1S/C14H11Br2F3N2/c1-8-2-3-9(14(17,18)19)4-12(8)21-7-13-11(16)5-10(15)6-20-13/h2-6,21H,7H2,1H3. The van der Waals surface area contributed by atoms with Crippen molar-refractivity contribution in [2.24, 2.45) is 0 Å². The van der Waals surface area contributed by atoms with E-state index in [4.69, 9.17) is 0 Å². The van der Waals surface area contributed by atoms with E-state index in [1.54, 1.807) is 13.1 Å². The normalized spacial score (nSPS) is 11.5. The SMILES string of the molecule is Cc1ccc(C(F)(F)F)cc1NCc1ncc(Br)cc1Br. The Balaban J connectivity index is 2.19. The van der Waals surface area contributed by atoms with E-state index in [0.717, 1.165) is 32.3 Å². The van der Waals surface area contributed by atoms with Crippen LogP contribution in [0.2, 0.25) is 0 Å². The van der Waals surface area contributed by atoms with Crippen LogP contribution in [0.15, 0.2) is 39.4 Å². The lowest BCUT2D eigenvalue weighted by Crippen LogP contribution is -2.08. The summed E-state index contributed by atoms with van der Waals surface area (Å²) < 4.78 is 39.8. The fourth-order valence-electron chi connectivity index (χ4n) is 1.74. The molecule has 1 N–H and O–H groups in total. The van der Waals surface area contributed by atoms with Crippen molar-refractivity contribution < 1.29 is 13.2 Å². The molecule has 2 nitrogen and oxygen atoms in total. The quantitative estimate of drug-likeness (QED) is 0.700. The number of alkyl halides is 3. The highest BCUT2D eigenvalue weighted by Gasteiger charge is 2.30. The van der Waals surface area contributed by atoms with Gasteiger partial charge in [0.15, 0.2) is 0 Å². The average Bonchev–Trinajstić information content (AvgIpc) is 2.38. The lowest BCUT2D eigenvalue weighted by molar-refractivity contribution is -0.137. The third-order valence-corrected chi connectivity index (χ3v) is 4.02. The van der Waals surface area contributed by atoms with Crippen LogP contribution in [-0.2, 0) is 12.7 Å². The van der Waals surface area contributed by atoms with Gasteiger partial charge in [-0.25, -0.2) is 0 Å². The van der Waals surface area contributed by atoms with Crippen molar-refractivity contribution in [3.05, 3.63) is 56.2 Å². The molecule has 0 fully saturated rings. The van der Waals surface area contributed by atoms with Gasteiger partial charge >= 0.3 is 6.18 Å². The Bertz CT molecular complexity index is 657. The smallest absolute Gasteiger partial charge is 0.379 e. The van der Waals surface area contributed by atoms with E-state index in [0.29, 0.717) is 12.2 Å². The Morgan fingerprint density at radius 2 is 1.90 bits per heavy atom. The first-order chi connectivity index (χ1) is 9.77. The van der Waals surface area contributed by atoms with Crippen molar-refractivity contribution in [3.8, 4) is 0 Å². The van der Waals surface area contributed by atoms with Gasteiger partial charge in [-0.3, -0.25) is 4.98 Å². The number of nitrogens with zero attached hydrogens (tertiary/aromatic N) is 1. The Hall–Kier alpha value is -1.08. The summed E-state index contributed by atoms with van der Waals surface area (Å²) in [6, 6.07) is 5.48. The van der Waals surface area contributed by atoms with Gasteiger partial charge in [0, 0.05) is 20.8 Å². The fraction of sp³-hybridized carbons (Fsp3) is 0.214. The maximum atomic E-state index is 12.7. The molecular weight excluding hydrogens is 413 g/mol. The van der Waals surface area contributed by atoms with Crippen molar-refractivity contribution in [2.75, 3.05) is 5.32 Å². The van der Waals surface area contributed by atoms with Crippen LogP contribution in [0.5, 0.6) is 0 Å². The minimum atomic E-state index is -4.35. The van der Waals surface area contributed by atoms with Crippen LogP contribution in [0.3, 0.4) is 0 Å². The van der Waals surface area contributed by atoms with Crippen molar-refractivity contribution in [1.82, 2.24) is 4.98 Å². The second-order valence-electron chi connectivity index (χ2n) is 4.46. The van der Waals surface area contributed by atoms with Crippen LogP contribution >= 0.6 is 31.9 Å². The van der Waals surface area contributed by atoms with E-state index in [1.165, 1.54) is 6.07 Å². The molecule has 0 amide bonds. The number of nitrogens with one attached hydrogen (secondary N) is 1. The molecule has 2 rings (SSSR count). The molecule has 112 valence electrons. The fourth-order valence-corrected chi connectivity index (χ4v) is 2.87. The number of anilines is 1. The number of halogens is 5. The summed E-state index contributed by atoms with van der Waals surface area (Å²) in [7, 11) is 0. The molecule has 0 saturated heterocycles. The molecule has 0 unspecified atom stereocenters. The summed E-state index contributed by atoms with van der Waals surface area (Å²) in [5.74, 6) is 0. The highest BCUT2D eigenvalue weighted by Crippen LogP contribution is 2.32. The van der Waals surface area contributed by atoms with E-state index in [-0.39, 0.29) is 0 Å².